The third kappa shape index (κ3) is 9.06. The Balaban J connectivity index is 1.80. The first-order valence-electron chi connectivity index (χ1n) is 14.4. The van der Waals surface area contributed by atoms with Gasteiger partial charge in [-0.1, -0.05) is 78.7 Å². The van der Waals surface area contributed by atoms with Gasteiger partial charge in [-0.3, -0.25) is 13.9 Å². The molecule has 2 amide bonds. The molecule has 0 unspecified atom stereocenters. The third-order valence-corrected chi connectivity index (χ3v) is 9.59. The molecule has 0 radical (unpaired) electrons. The summed E-state index contributed by atoms with van der Waals surface area (Å²) in [7, 11) is -4.30. The van der Waals surface area contributed by atoms with E-state index < -0.39 is 40.2 Å². The molecule has 0 aliphatic rings. The van der Waals surface area contributed by atoms with Gasteiger partial charge in [0.1, 0.15) is 18.4 Å². The van der Waals surface area contributed by atoms with E-state index in [1.54, 1.807) is 12.1 Å². The highest BCUT2D eigenvalue weighted by molar-refractivity contribution is 7.92. The molecule has 236 valence electrons. The topological polar surface area (TPSA) is 86.8 Å². The standard InChI is InChI=1S/C34H34Cl2FN3O4S/c1-3-24(2)38-34(42)32(20-25-8-5-4-6-9-25)39(22-26-12-16-29(37)17-13-26)33(41)23-40(30-11-7-10-28(36)21-30)45(43,44)31-18-14-27(35)15-19-31/h4-19,21,24,32H,3,20,22-23H2,1-2H3,(H,38,42)/t24-,32+/m1/s1. The Bertz CT molecular complexity index is 1710. The quantitative estimate of drug-likeness (QED) is 0.168. The fourth-order valence-corrected chi connectivity index (χ4v) is 6.39. The normalized spacial score (nSPS) is 12.6. The van der Waals surface area contributed by atoms with Gasteiger partial charge < -0.3 is 10.2 Å². The van der Waals surface area contributed by atoms with E-state index in [0.717, 1.165) is 9.87 Å². The zero-order chi connectivity index (χ0) is 32.6. The smallest absolute Gasteiger partial charge is 0.264 e. The highest BCUT2D eigenvalue weighted by Gasteiger charge is 2.35. The molecule has 0 spiro atoms. The lowest BCUT2D eigenvalue weighted by atomic mass is 10.0. The van der Waals surface area contributed by atoms with Gasteiger partial charge in [-0.05, 0) is 79.1 Å². The summed E-state index contributed by atoms with van der Waals surface area (Å²) in [6.07, 6.45) is 0.828. The van der Waals surface area contributed by atoms with Crippen molar-refractivity contribution in [1.29, 1.82) is 0 Å². The molecular weight excluding hydrogens is 636 g/mol. The first-order chi connectivity index (χ1) is 21.5. The fourth-order valence-electron chi connectivity index (χ4n) is 4.68. The van der Waals surface area contributed by atoms with Crippen molar-refractivity contribution in [2.75, 3.05) is 10.8 Å². The van der Waals surface area contributed by atoms with Crippen molar-refractivity contribution in [2.24, 2.45) is 0 Å². The van der Waals surface area contributed by atoms with E-state index in [1.807, 2.05) is 44.2 Å². The molecule has 11 heteroatoms. The highest BCUT2D eigenvalue weighted by atomic mass is 35.5. The number of sulfonamides is 1. The van der Waals surface area contributed by atoms with Crippen LogP contribution in [0.5, 0.6) is 0 Å². The SMILES string of the molecule is CC[C@@H](C)NC(=O)[C@H](Cc1ccccc1)N(Cc1ccc(F)cc1)C(=O)CN(c1cccc(Cl)c1)S(=O)(=O)c1ccc(Cl)cc1. The van der Waals surface area contributed by atoms with Gasteiger partial charge >= 0.3 is 0 Å². The second kappa shape index (κ2) is 15.4. The molecule has 0 aromatic heterocycles. The van der Waals surface area contributed by atoms with Crippen LogP contribution in [0.2, 0.25) is 10.0 Å². The number of carbonyl (C=O) groups excluding carboxylic acids is 2. The van der Waals surface area contributed by atoms with Crippen molar-refractivity contribution < 1.29 is 22.4 Å². The number of benzene rings is 4. The van der Waals surface area contributed by atoms with Crippen molar-refractivity contribution >= 4 is 50.7 Å². The van der Waals surface area contributed by atoms with E-state index >= 15 is 0 Å². The molecule has 0 saturated heterocycles. The molecule has 0 bridgehead atoms. The van der Waals surface area contributed by atoms with E-state index in [4.69, 9.17) is 23.2 Å². The zero-order valence-corrected chi connectivity index (χ0v) is 27.2. The zero-order valence-electron chi connectivity index (χ0n) is 24.9. The van der Waals surface area contributed by atoms with Crippen molar-refractivity contribution in [3.05, 3.63) is 130 Å². The van der Waals surface area contributed by atoms with Crippen molar-refractivity contribution in [2.45, 2.75) is 50.2 Å². The Morgan fingerprint density at radius 1 is 0.844 bits per heavy atom. The van der Waals surface area contributed by atoms with Crippen LogP contribution in [0.15, 0.2) is 108 Å². The molecule has 0 aliphatic carbocycles. The maximum absolute atomic E-state index is 14.4. The van der Waals surface area contributed by atoms with Gasteiger partial charge in [0, 0.05) is 29.1 Å². The minimum Gasteiger partial charge on any atom is -0.352 e. The first kappa shape index (κ1) is 34.0. The lowest BCUT2D eigenvalue weighted by Crippen LogP contribution is -2.54. The second-order valence-electron chi connectivity index (χ2n) is 10.6. The lowest BCUT2D eigenvalue weighted by molar-refractivity contribution is -0.140. The lowest BCUT2D eigenvalue weighted by Gasteiger charge is -2.34. The molecule has 45 heavy (non-hydrogen) atoms. The average Bonchev–Trinajstić information content (AvgIpc) is 3.02. The van der Waals surface area contributed by atoms with E-state index in [0.29, 0.717) is 17.0 Å². The molecule has 4 rings (SSSR count). The largest absolute Gasteiger partial charge is 0.352 e. The van der Waals surface area contributed by atoms with Gasteiger partial charge in [-0.15, -0.1) is 0 Å². The summed E-state index contributed by atoms with van der Waals surface area (Å²) >= 11 is 12.3. The maximum atomic E-state index is 14.4. The monoisotopic (exact) mass is 669 g/mol. The van der Waals surface area contributed by atoms with Crippen molar-refractivity contribution in [3.8, 4) is 0 Å². The Morgan fingerprint density at radius 3 is 2.13 bits per heavy atom. The van der Waals surface area contributed by atoms with Crippen LogP contribution in [0, 0.1) is 5.82 Å². The van der Waals surface area contributed by atoms with Crippen molar-refractivity contribution in [3.63, 3.8) is 0 Å². The molecule has 0 aliphatic heterocycles. The van der Waals surface area contributed by atoms with E-state index in [-0.39, 0.29) is 34.6 Å². The first-order valence-corrected chi connectivity index (χ1v) is 16.6. The van der Waals surface area contributed by atoms with Gasteiger partial charge in [-0.25, -0.2) is 12.8 Å². The fraction of sp³-hybridized carbons (Fsp3) is 0.235. The van der Waals surface area contributed by atoms with Crippen LogP contribution in [0.25, 0.3) is 0 Å². The maximum Gasteiger partial charge on any atom is 0.264 e. The molecule has 1 N–H and O–H groups in total. The number of hydrogen-bond acceptors (Lipinski definition) is 4. The average molecular weight is 671 g/mol. The number of carbonyl (C=O) groups is 2. The summed E-state index contributed by atoms with van der Waals surface area (Å²) in [5.74, 6) is -1.48. The summed E-state index contributed by atoms with van der Waals surface area (Å²) in [6.45, 7) is 3.08. The molecule has 0 fully saturated rings. The van der Waals surface area contributed by atoms with Crippen LogP contribution in [0.4, 0.5) is 10.1 Å². The second-order valence-corrected chi connectivity index (χ2v) is 13.4. The van der Waals surface area contributed by atoms with E-state index in [2.05, 4.69) is 5.32 Å². The van der Waals surface area contributed by atoms with Crippen LogP contribution < -0.4 is 9.62 Å². The van der Waals surface area contributed by atoms with Crippen LogP contribution in [-0.4, -0.2) is 43.8 Å². The van der Waals surface area contributed by atoms with Crippen LogP contribution in [-0.2, 0) is 32.6 Å². The van der Waals surface area contributed by atoms with E-state index in [1.165, 1.54) is 65.6 Å². The van der Waals surface area contributed by atoms with Crippen molar-refractivity contribution in [1.82, 2.24) is 10.2 Å². The summed E-state index contributed by atoms with van der Waals surface area (Å²) < 4.78 is 42.9. The number of halogens is 3. The molecule has 2 atom stereocenters. The number of anilines is 1. The Kier molecular flexibility index (Phi) is 11.6. The minimum atomic E-state index is -4.30. The molecule has 4 aromatic rings. The Labute approximate surface area is 273 Å². The number of amides is 2. The molecule has 0 heterocycles. The highest BCUT2D eigenvalue weighted by Crippen LogP contribution is 2.28. The van der Waals surface area contributed by atoms with Gasteiger partial charge in [0.25, 0.3) is 10.0 Å². The summed E-state index contributed by atoms with van der Waals surface area (Å²) in [6, 6.07) is 25.4. The van der Waals surface area contributed by atoms with Gasteiger partial charge in [0.15, 0.2) is 0 Å². The minimum absolute atomic E-state index is 0.0745. The predicted octanol–water partition coefficient (Wildman–Crippen LogP) is 6.88. The number of rotatable bonds is 13. The van der Waals surface area contributed by atoms with Crippen LogP contribution in [0.3, 0.4) is 0 Å². The molecular formula is C34H34Cl2FN3O4S. The van der Waals surface area contributed by atoms with Gasteiger partial charge in [0.05, 0.1) is 10.6 Å². The summed E-state index contributed by atoms with van der Waals surface area (Å²) in [5.41, 5.74) is 1.53. The number of nitrogens with zero attached hydrogens (tertiary/aromatic N) is 2. The summed E-state index contributed by atoms with van der Waals surface area (Å²) in [4.78, 5) is 29.5. The van der Waals surface area contributed by atoms with Crippen LogP contribution in [0.1, 0.15) is 31.4 Å². The van der Waals surface area contributed by atoms with Gasteiger partial charge in [0.2, 0.25) is 11.8 Å². The number of nitrogens with one attached hydrogen (secondary N) is 1. The van der Waals surface area contributed by atoms with Gasteiger partial charge in [-0.2, -0.15) is 0 Å². The molecule has 0 saturated carbocycles. The Morgan fingerprint density at radius 2 is 1.51 bits per heavy atom. The predicted molar refractivity (Wildman–Crippen MR) is 176 cm³/mol. The molecule has 7 nitrogen and oxygen atoms in total. The Hall–Kier alpha value is -3.92. The third-order valence-electron chi connectivity index (χ3n) is 7.31. The molecule has 4 aromatic carbocycles. The van der Waals surface area contributed by atoms with E-state index in [9.17, 15) is 22.4 Å². The van der Waals surface area contributed by atoms with Crippen LogP contribution >= 0.6 is 23.2 Å². The number of hydrogen-bond donors (Lipinski definition) is 1. The summed E-state index contributed by atoms with van der Waals surface area (Å²) in [5, 5.41) is 3.60.